The zero-order valence-electron chi connectivity index (χ0n) is 13.5. The Hall–Kier alpha value is -3.06. The summed E-state index contributed by atoms with van der Waals surface area (Å²) in [5.74, 6) is 0.382. The van der Waals surface area contributed by atoms with Crippen LogP contribution >= 0.6 is 11.5 Å². The number of carbonyl (C=O) groups excluding carboxylic acids is 1. The fourth-order valence-electron chi connectivity index (χ4n) is 2.92. The van der Waals surface area contributed by atoms with Crippen LogP contribution in [-0.2, 0) is 6.54 Å². The van der Waals surface area contributed by atoms with Crippen molar-refractivity contribution in [3.63, 3.8) is 0 Å². The molecule has 0 atom stereocenters. The topological polar surface area (TPSA) is 86.7 Å². The second-order valence-corrected chi connectivity index (χ2v) is 6.38. The predicted molar refractivity (Wildman–Crippen MR) is 97.4 cm³/mol. The number of hydrogen-bond donors (Lipinski definition) is 1. The highest BCUT2D eigenvalue weighted by molar-refractivity contribution is 7.03. The third-order valence-corrected chi connectivity index (χ3v) is 4.69. The number of benzene rings is 2. The van der Waals surface area contributed by atoms with Gasteiger partial charge in [0.05, 0.1) is 11.1 Å². The van der Waals surface area contributed by atoms with Gasteiger partial charge in [-0.25, -0.2) is 4.98 Å². The molecule has 0 spiro atoms. The van der Waals surface area contributed by atoms with E-state index in [0.717, 1.165) is 28.2 Å². The van der Waals surface area contributed by atoms with Crippen LogP contribution in [0.4, 0.5) is 0 Å². The average Bonchev–Trinajstić information content (AvgIpc) is 3.24. The number of carbonyl (C=O) groups is 1. The third-order valence-electron chi connectivity index (χ3n) is 4.19. The molecular weight excluding hydrogens is 334 g/mol. The summed E-state index contributed by atoms with van der Waals surface area (Å²) in [4.78, 5) is 16.1. The maximum absolute atomic E-state index is 11.6. The van der Waals surface area contributed by atoms with Crippen molar-refractivity contribution in [3.8, 4) is 11.3 Å². The van der Waals surface area contributed by atoms with Gasteiger partial charge >= 0.3 is 0 Å². The molecule has 0 saturated heterocycles. The van der Waals surface area contributed by atoms with E-state index in [1.54, 1.807) is 6.07 Å². The van der Waals surface area contributed by atoms with Crippen molar-refractivity contribution in [3.05, 3.63) is 64.8 Å². The lowest BCUT2D eigenvalue weighted by Gasteiger charge is -2.08. The van der Waals surface area contributed by atoms with Gasteiger partial charge in [-0.2, -0.15) is 0 Å². The summed E-state index contributed by atoms with van der Waals surface area (Å²) in [7, 11) is 0. The lowest BCUT2D eigenvalue weighted by atomic mass is 10.1. The number of aryl methyl sites for hydroxylation is 1. The van der Waals surface area contributed by atoms with Crippen LogP contribution in [0.2, 0.25) is 0 Å². The second-order valence-electron chi connectivity index (χ2n) is 5.77. The minimum Gasteiger partial charge on any atom is -0.366 e. The molecule has 7 heteroatoms. The first-order valence-electron chi connectivity index (χ1n) is 7.75. The van der Waals surface area contributed by atoms with Crippen LogP contribution < -0.4 is 5.73 Å². The van der Waals surface area contributed by atoms with Crippen molar-refractivity contribution >= 4 is 28.5 Å². The molecule has 4 rings (SSSR count). The highest BCUT2D eigenvalue weighted by Crippen LogP contribution is 2.23. The molecule has 124 valence electrons. The van der Waals surface area contributed by atoms with Gasteiger partial charge in [0.15, 0.2) is 0 Å². The molecule has 0 aliphatic rings. The monoisotopic (exact) mass is 349 g/mol. The van der Waals surface area contributed by atoms with Crippen molar-refractivity contribution in [1.29, 1.82) is 0 Å². The Labute approximate surface area is 148 Å². The van der Waals surface area contributed by atoms with E-state index in [1.165, 1.54) is 11.5 Å². The van der Waals surface area contributed by atoms with E-state index < -0.39 is 5.91 Å². The summed E-state index contributed by atoms with van der Waals surface area (Å²) < 4.78 is 5.98. The lowest BCUT2D eigenvalue weighted by molar-refractivity contribution is 0.100. The molecule has 0 bridgehead atoms. The number of para-hydroxylation sites is 1. The highest BCUT2D eigenvalue weighted by Gasteiger charge is 2.14. The number of fused-ring (bicyclic) bond motifs is 1. The van der Waals surface area contributed by atoms with Crippen molar-refractivity contribution in [1.82, 2.24) is 19.1 Å². The van der Waals surface area contributed by atoms with E-state index in [0.29, 0.717) is 17.6 Å². The quantitative estimate of drug-likeness (QED) is 0.613. The van der Waals surface area contributed by atoms with E-state index in [4.69, 9.17) is 5.73 Å². The summed E-state index contributed by atoms with van der Waals surface area (Å²) in [6.45, 7) is 2.60. The largest absolute Gasteiger partial charge is 0.366 e. The van der Waals surface area contributed by atoms with Gasteiger partial charge in [0.25, 0.3) is 5.91 Å². The Morgan fingerprint density at radius 3 is 2.68 bits per heavy atom. The average molecular weight is 349 g/mol. The van der Waals surface area contributed by atoms with E-state index in [1.807, 2.05) is 36.6 Å². The molecule has 1 amide bonds. The van der Waals surface area contributed by atoms with Crippen LogP contribution in [0.15, 0.2) is 47.8 Å². The first-order chi connectivity index (χ1) is 12.1. The number of amides is 1. The summed E-state index contributed by atoms with van der Waals surface area (Å²) in [5, 5.41) is 6.01. The van der Waals surface area contributed by atoms with E-state index in [-0.39, 0.29) is 0 Å². The molecule has 6 nitrogen and oxygen atoms in total. The molecule has 0 unspecified atom stereocenters. The molecule has 0 saturated carbocycles. The molecule has 0 aliphatic carbocycles. The van der Waals surface area contributed by atoms with Crippen LogP contribution in [0, 0.1) is 6.92 Å². The Morgan fingerprint density at radius 2 is 2.00 bits per heavy atom. The summed E-state index contributed by atoms with van der Waals surface area (Å²) in [6, 6.07) is 13.7. The standard InChI is InChI=1S/C18H15N5OS/c1-11-20-17-14(18(19)24)3-2-4-16(17)23(11)9-12-5-7-13(8-6-12)15-10-25-22-21-15/h2-8,10H,9H2,1H3,(H2,19,24). The third kappa shape index (κ3) is 2.78. The second kappa shape index (κ2) is 6.10. The smallest absolute Gasteiger partial charge is 0.250 e. The fraction of sp³-hybridized carbons (Fsp3) is 0.111. The van der Waals surface area contributed by atoms with Crippen molar-refractivity contribution in [2.45, 2.75) is 13.5 Å². The van der Waals surface area contributed by atoms with Crippen LogP contribution in [0.25, 0.3) is 22.3 Å². The molecule has 0 aliphatic heterocycles. The fourth-order valence-corrected chi connectivity index (χ4v) is 3.38. The van der Waals surface area contributed by atoms with Crippen molar-refractivity contribution in [2.24, 2.45) is 5.73 Å². The van der Waals surface area contributed by atoms with Crippen molar-refractivity contribution < 1.29 is 4.79 Å². The van der Waals surface area contributed by atoms with Gasteiger partial charge < -0.3 is 10.3 Å². The number of hydrogen-bond acceptors (Lipinski definition) is 5. The number of nitrogens with zero attached hydrogens (tertiary/aromatic N) is 4. The molecule has 25 heavy (non-hydrogen) atoms. The van der Waals surface area contributed by atoms with E-state index >= 15 is 0 Å². The zero-order valence-corrected chi connectivity index (χ0v) is 14.3. The van der Waals surface area contributed by atoms with E-state index in [2.05, 4.69) is 31.3 Å². The molecule has 0 fully saturated rings. The Balaban J connectivity index is 1.70. The molecule has 2 aromatic heterocycles. The zero-order chi connectivity index (χ0) is 17.4. The van der Waals surface area contributed by atoms with Crippen LogP contribution in [0.1, 0.15) is 21.7 Å². The predicted octanol–water partition coefficient (Wildman–Crippen LogP) is 3.01. The van der Waals surface area contributed by atoms with Gasteiger partial charge in [-0.15, -0.1) is 5.10 Å². The number of rotatable bonds is 4. The number of nitrogens with two attached hydrogens (primary N) is 1. The van der Waals surface area contributed by atoms with Crippen LogP contribution in [0.5, 0.6) is 0 Å². The lowest BCUT2D eigenvalue weighted by Crippen LogP contribution is -2.11. The summed E-state index contributed by atoms with van der Waals surface area (Å²) in [6.07, 6.45) is 0. The summed E-state index contributed by atoms with van der Waals surface area (Å²) >= 11 is 1.34. The van der Waals surface area contributed by atoms with E-state index in [9.17, 15) is 4.79 Å². The maximum Gasteiger partial charge on any atom is 0.250 e. The molecule has 2 aromatic carbocycles. The Morgan fingerprint density at radius 1 is 1.20 bits per heavy atom. The first kappa shape index (κ1) is 15.5. The maximum atomic E-state index is 11.6. The minimum absolute atomic E-state index is 0.450. The van der Waals surface area contributed by atoms with Gasteiger partial charge in [-0.3, -0.25) is 4.79 Å². The van der Waals surface area contributed by atoms with Gasteiger partial charge in [-0.1, -0.05) is 34.8 Å². The highest BCUT2D eigenvalue weighted by atomic mass is 32.1. The molecule has 2 N–H and O–H groups in total. The molecular formula is C18H15N5OS. The molecule has 0 radical (unpaired) electrons. The number of aromatic nitrogens is 4. The Kier molecular flexibility index (Phi) is 3.77. The van der Waals surface area contributed by atoms with Gasteiger partial charge in [0.1, 0.15) is 17.0 Å². The Bertz CT molecular complexity index is 1050. The normalized spacial score (nSPS) is 11.1. The SMILES string of the molecule is Cc1nc2c(C(N)=O)cccc2n1Cc1ccc(-c2csnn2)cc1. The van der Waals surface area contributed by atoms with Crippen molar-refractivity contribution in [2.75, 3.05) is 0 Å². The van der Waals surface area contributed by atoms with Gasteiger partial charge in [-0.05, 0) is 36.2 Å². The number of imidazole rings is 1. The minimum atomic E-state index is -0.462. The number of primary amides is 1. The molecule has 4 aromatic rings. The summed E-state index contributed by atoms with van der Waals surface area (Å²) in [5.41, 5.74) is 10.5. The van der Waals surface area contributed by atoms with Crippen LogP contribution in [0.3, 0.4) is 0 Å². The van der Waals surface area contributed by atoms with Gasteiger partial charge in [0, 0.05) is 17.5 Å². The van der Waals surface area contributed by atoms with Gasteiger partial charge in [0.2, 0.25) is 0 Å². The van der Waals surface area contributed by atoms with Crippen LogP contribution in [-0.4, -0.2) is 25.0 Å². The first-order valence-corrected chi connectivity index (χ1v) is 8.59. The molecule has 2 heterocycles.